The molecule has 0 bridgehead atoms. The van der Waals surface area contributed by atoms with E-state index in [-0.39, 0.29) is 21.1 Å². The average molecular weight is 667 g/mol. The molecule has 0 N–H and O–H groups in total. The molecule has 4 aromatic rings. The van der Waals surface area contributed by atoms with Crippen molar-refractivity contribution in [1.29, 1.82) is 0 Å². The SMILES string of the molecule is Ic1cc(-c2[c-]cccc2)nc(-c2ccccn2)c1.[C-]#Cc1ccc(C)cc1.[Pt+2]. The average Bonchev–Trinajstić information content (AvgIpc) is 2.76. The number of nitrogens with zero attached hydrogens (tertiary/aromatic N) is 2. The van der Waals surface area contributed by atoms with Crippen molar-refractivity contribution in [1.82, 2.24) is 9.97 Å². The minimum Gasteiger partial charge on any atom is -0.366 e. The predicted molar refractivity (Wildman–Crippen MR) is 122 cm³/mol. The second-order valence-corrected chi connectivity index (χ2v) is 7.28. The summed E-state index contributed by atoms with van der Waals surface area (Å²) in [6.07, 6.45) is 8.55. The maximum Gasteiger partial charge on any atom is 2.00 e. The Morgan fingerprint density at radius 3 is 2.24 bits per heavy atom. The van der Waals surface area contributed by atoms with E-state index in [4.69, 9.17) is 6.42 Å². The zero-order chi connectivity index (χ0) is 19.8. The molecule has 4 heteroatoms. The van der Waals surface area contributed by atoms with Gasteiger partial charge in [0, 0.05) is 9.77 Å². The molecule has 0 fully saturated rings. The summed E-state index contributed by atoms with van der Waals surface area (Å²) in [5.41, 5.74) is 5.75. The topological polar surface area (TPSA) is 25.8 Å². The van der Waals surface area contributed by atoms with Crippen LogP contribution in [0.3, 0.4) is 0 Å². The molecule has 2 aromatic carbocycles. The molecule has 0 aliphatic heterocycles. The first kappa shape index (κ1) is 23.0. The number of benzene rings is 2. The molecule has 0 radical (unpaired) electrons. The van der Waals surface area contributed by atoms with Gasteiger partial charge in [-0.05, 0) is 53.4 Å². The van der Waals surface area contributed by atoms with E-state index in [1.807, 2.05) is 79.7 Å². The second kappa shape index (κ2) is 11.7. The first-order chi connectivity index (χ1) is 13.7. The second-order valence-electron chi connectivity index (χ2n) is 6.04. The van der Waals surface area contributed by atoms with E-state index in [2.05, 4.69) is 50.6 Å². The summed E-state index contributed by atoms with van der Waals surface area (Å²) in [6, 6.07) is 28.7. The van der Waals surface area contributed by atoms with Crippen molar-refractivity contribution < 1.29 is 21.1 Å². The van der Waals surface area contributed by atoms with Crippen LogP contribution in [0.25, 0.3) is 22.6 Å². The van der Waals surface area contributed by atoms with Gasteiger partial charge in [0.1, 0.15) is 0 Å². The maximum atomic E-state index is 6.76. The molecular weight excluding hydrogens is 650 g/mol. The van der Waals surface area contributed by atoms with Crippen LogP contribution in [0.2, 0.25) is 0 Å². The van der Waals surface area contributed by atoms with E-state index in [0.717, 1.165) is 31.8 Å². The molecule has 0 unspecified atom stereocenters. The van der Waals surface area contributed by atoms with Crippen molar-refractivity contribution in [2.75, 3.05) is 0 Å². The van der Waals surface area contributed by atoms with E-state index in [0.29, 0.717) is 0 Å². The van der Waals surface area contributed by atoms with Crippen LogP contribution in [0.5, 0.6) is 0 Å². The number of pyridine rings is 2. The van der Waals surface area contributed by atoms with Gasteiger partial charge in [-0.15, -0.1) is 53.6 Å². The Kier molecular flexibility index (Phi) is 9.24. The fraction of sp³-hybridized carbons (Fsp3) is 0.0400. The summed E-state index contributed by atoms with van der Waals surface area (Å²) in [4.78, 5) is 9.02. The molecule has 0 aliphatic carbocycles. The molecule has 0 amide bonds. The van der Waals surface area contributed by atoms with Crippen molar-refractivity contribution in [2.24, 2.45) is 0 Å². The van der Waals surface area contributed by atoms with Crippen LogP contribution >= 0.6 is 22.6 Å². The fourth-order valence-corrected chi connectivity index (χ4v) is 3.06. The third-order valence-corrected chi connectivity index (χ3v) is 4.52. The molecular formula is C25H17IN2Pt. The van der Waals surface area contributed by atoms with E-state index < -0.39 is 0 Å². The van der Waals surface area contributed by atoms with Gasteiger partial charge in [0.25, 0.3) is 0 Å². The summed E-state index contributed by atoms with van der Waals surface area (Å²) in [7, 11) is 0. The number of hydrogen-bond acceptors (Lipinski definition) is 2. The van der Waals surface area contributed by atoms with Gasteiger partial charge in [0.15, 0.2) is 0 Å². The molecule has 0 atom stereocenters. The number of aromatic nitrogens is 2. The summed E-state index contributed by atoms with van der Waals surface area (Å²) in [5.74, 6) is 2.30. The summed E-state index contributed by atoms with van der Waals surface area (Å²) in [6.45, 7) is 2.02. The standard InChI is InChI=1S/C16H10IN2.C9H7.Pt/c17-13-10-15(12-6-2-1-3-7-12)19-16(11-13)14-8-4-5-9-18-14;1-3-9-6-4-8(2)5-7-9;/h1-6,8-11H;4-7H,2H3;/q2*-1;+2. The quantitative estimate of drug-likeness (QED) is 0.146. The van der Waals surface area contributed by atoms with Crippen LogP contribution in [-0.2, 0) is 21.1 Å². The van der Waals surface area contributed by atoms with Crippen LogP contribution in [-0.4, -0.2) is 9.97 Å². The Bertz CT molecular complexity index is 1020. The summed E-state index contributed by atoms with van der Waals surface area (Å²) >= 11 is 2.30. The van der Waals surface area contributed by atoms with Crippen LogP contribution in [0, 0.1) is 28.9 Å². The van der Waals surface area contributed by atoms with Gasteiger partial charge in [0.2, 0.25) is 0 Å². The van der Waals surface area contributed by atoms with Crippen molar-refractivity contribution in [3.63, 3.8) is 0 Å². The molecule has 0 saturated carbocycles. The largest absolute Gasteiger partial charge is 2.00 e. The molecule has 2 nitrogen and oxygen atoms in total. The molecule has 0 saturated heterocycles. The molecule has 2 heterocycles. The summed E-state index contributed by atoms with van der Waals surface area (Å²) in [5, 5.41) is 0. The molecule has 144 valence electrons. The van der Waals surface area contributed by atoms with E-state index in [9.17, 15) is 0 Å². The predicted octanol–water partition coefficient (Wildman–Crippen LogP) is 6.15. The number of hydrogen-bond donors (Lipinski definition) is 0. The van der Waals surface area contributed by atoms with Crippen molar-refractivity contribution >= 4 is 22.6 Å². The van der Waals surface area contributed by atoms with Gasteiger partial charge in [-0.1, -0.05) is 29.8 Å². The Morgan fingerprint density at radius 2 is 1.62 bits per heavy atom. The van der Waals surface area contributed by atoms with Gasteiger partial charge in [-0.3, -0.25) is 15.9 Å². The summed E-state index contributed by atoms with van der Waals surface area (Å²) < 4.78 is 1.14. The minimum atomic E-state index is 0. The third kappa shape index (κ3) is 6.92. The van der Waals surface area contributed by atoms with Crippen LogP contribution in [0.4, 0.5) is 0 Å². The molecule has 2 aromatic heterocycles. The molecule has 4 rings (SSSR count). The van der Waals surface area contributed by atoms with Gasteiger partial charge in [-0.25, -0.2) is 0 Å². The van der Waals surface area contributed by atoms with Gasteiger partial charge >= 0.3 is 21.1 Å². The van der Waals surface area contributed by atoms with Gasteiger partial charge in [0.05, 0.1) is 11.4 Å². The number of aryl methyl sites for hydroxylation is 1. The Labute approximate surface area is 200 Å². The Balaban J connectivity index is 0.000000255. The molecule has 29 heavy (non-hydrogen) atoms. The maximum absolute atomic E-state index is 6.76. The van der Waals surface area contributed by atoms with E-state index in [1.54, 1.807) is 6.20 Å². The van der Waals surface area contributed by atoms with E-state index >= 15 is 0 Å². The first-order valence-corrected chi connectivity index (χ1v) is 9.79. The zero-order valence-corrected chi connectivity index (χ0v) is 20.1. The molecule has 0 spiro atoms. The number of rotatable bonds is 2. The normalized spacial score (nSPS) is 9.41. The van der Waals surface area contributed by atoms with Gasteiger partial charge in [-0.2, -0.15) is 0 Å². The Hall–Kier alpha value is -2.28. The van der Waals surface area contributed by atoms with Gasteiger partial charge < -0.3 is 6.42 Å². The van der Waals surface area contributed by atoms with Crippen molar-refractivity contribution in [2.45, 2.75) is 6.92 Å². The zero-order valence-electron chi connectivity index (χ0n) is 15.7. The van der Waals surface area contributed by atoms with Crippen LogP contribution < -0.4 is 0 Å². The monoisotopic (exact) mass is 667 g/mol. The van der Waals surface area contributed by atoms with Crippen molar-refractivity contribution in [3.05, 3.63) is 112 Å². The van der Waals surface area contributed by atoms with Crippen LogP contribution in [0.15, 0.2) is 85.1 Å². The van der Waals surface area contributed by atoms with E-state index in [1.165, 1.54) is 5.56 Å². The minimum absolute atomic E-state index is 0. The van der Waals surface area contributed by atoms with Crippen LogP contribution in [0.1, 0.15) is 11.1 Å². The fourth-order valence-electron chi connectivity index (χ4n) is 2.47. The molecule has 0 aliphatic rings. The number of halogens is 1. The van der Waals surface area contributed by atoms with Crippen molar-refractivity contribution in [3.8, 4) is 28.6 Å². The third-order valence-electron chi connectivity index (χ3n) is 3.90. The smallest absolute Gasteiger partial charge is 0.366 e. The Morgan fingerprint density at radius 1 is 0.897 bits per heavy atom. The first-order valence-electron chi connectivity index (χ1n) is 8.71.